The van der Waals surface area contributed by atoms with Gasteiger partial charge in [0.05, 0.1) is 6.61 Å². The van der Waals surface area contributed by atoms with Crippen LogP contribution < -0.4 is 5.32 Å². The highest BCUT2D eigenvalue weighted by molar-refractivity contribution is 5.80. The summed E-state index contributed by atoms with van der Waals surface area (Å²) >= 11 is 0. The summed E-state index contributed by atoms with van der Waals surface area (Å²) in [5.74, 6) is 0.657. The molecule has 0 saturated carbocycles. The molecule has 0 spiro atoms. The zero-order chi connectivity index (χ0) is 13.6. The molecule has 1 heterocycles. The molecule has 4 nitrogen and oxygen atoms in total. The molecule has 2 unspecified atom stereocenters. The van der Waals surface area contributed by atoms with Gasteiger partial charge >= 0.3 is 5.97 Å². The smallest absolute Gasteiger partial charge is 0.327 e. The maximum absolute atomic E-state index is 12.0. The van der Waals surface area contributed by atoms with Crippen molar-refractivity contribution in [3.63, 3.8) is 0 Å². The minimum atomic E-state index is -0.586. The third-order valence-corrected chi connectivity index (χ3v) is 3.88. The Labute approximate surface area is 111 Å². The Morgan fingerprint density at radius 2 is 2.22 bits per heavy atom. The number of hydrogen-bond donors (Lipinski definition) is 1. The molecule has 1 fully saturated rings. The molecule has 2 atom stereocenters. The van der Waals surface area contributed by atoms with Crippen LogP contribution in [-0.4, -0.2) is 49.7 Å². The summed E-state index contributed by atoms with van der Waals surface area (Å²) in [5.41, 5.74) is -0.586. The van der Waals surface area contributed by atoms with E-state index < -0.39 is 5.54 Å². The number of nitrogens with zero attached hydrogens (tertiary/aromatic N) is 1. The van der Waals surface area contributed by atoms with Crippen molar-refractivity contribution in [1.29, 1.82) is 0 Å². The highest BCUT2D eigenvalue weighted by Gasteiger charge is 2.36. The van der Waals surface area contributed by atoms with Gasteiger partial charge in [-0.05, 0) is 46.2 Å². The number of nitrogens with one attached hydrogen (secondary N) is 1. The minimum absolute atomic E-state index is 0.147. The van der Waals surface area contributed by atoms with E-state index in [9.17, 15) is 4.79 Å². The first-order chi connectivity index (χ1) is 8.55. The van der Waals surface area contributed by atoms with Gasteiger partial charge in [-0.2, -0.15) is 0 Å². The zero-order valence-corrected chi connectivity index (χ0v) is 12.3. The Kier molecular flexibility index (Phi) is 6.09. The van der Waals surface area contributed by atoms with Gasteiger partial charge in [0.15, 0.2) is 0 Å². The van der Waals surface area contributed by atoms with E-state index in [2.05, 4.69) is 17.1 Å². The van der Waals surface area contributed by atoms with Crippen LogP contribution in [0.15, 0.2) is 0 Å². The first kappa shape index (κ1) is 15.4. The predicted octanol–water partition coefficient (Wildman–Crippen LogP) is 1.65. The van der Waals surface area contributed by atoms with Crippen LogP contribution >= 0.6 is 0 Å². The van der Waals surface area contributed by atoms with Crippen molar-refractivity contribution in [3.05, 3.63) is 0 Å². The van der Waals surface area contributed by atoms with Gasteiger partial charge in [0.25, 0.3) is 0 Å². The van der Waals surface area contributed by atoms with E-state index in [1.807, 2.05) is 20.9 Å². The van der Waals surface area contributed by atoms with Crippen molar-refractivity contribution in [2.45, 2.75) is 45.6 Å². The SMILES string of the molecule is CCCC1CCN(CC(C)(NC)C(=O)OCC)C1. The van der Waals surface area contributed by atoms with Gasteiger partial charge in [-0.1, -0.05) is 13.3 Å². The highest BCUT2D eigenvalue weighted by Crippen LogP contribution is 2.22. The minimum Gasteiger partial charge on any atom is -0.465 e. The van der Waals surface area contributed by atoms with Crippen LogP contribution in [0.25, 0.3) is 0 Å². The van der Waals surface area contributed by atoms with E-state index in [1.165, 1.54) is 19.3 Å². The second kappa shape index (κ2) is 7.10. The van der Waals surface area contributed by atoms with Crippen LogP contribution in [0.1, 0.15) is 40.0 Å². The number of ether oxygens (including phenoxy) is 1. The fraction of sp³-hybridized carbons (Fsp3) is 0.929. The summed E-state index contributed by atoms with van der Waals surface area (Å²) in [6, 6.07) is 0. The van der Waals surface area contributed by atoms with Crippen LogP contribution in [0.3, 0.4) is 0 Å². The lowest BCUT2D eigenvalue weighted by molar-refractivity contribution is -0.151. The van der Waals surface area contributed by atoms with E-state index >= 15 is 0 Å². The summed E-state index contributed by atoms with van der Waals surface area (Å²) in [5, 5.41) is 3.12. The molecule has 18 heavy (non-hydrogen) atoms. The lowest BCUT2D eigenvalue weighted by Crippen LogP contribution is -2.56. The molecule has 1 N–H and O–H groups in total. The molecule has 0 aromatic heterocycles. The number of hydrogen-bond acceptors (Lipinski definition) is 4. The maximum Gasteiger partial charge on any atom is 0.327 e. The second-order valence-corrected chi connectivity index (χ2v) is 5.48. The van der Waals surface area contributed by atoms with Crippen LogP contribution in [0.2, 0.25) is 0 Å². The molecule has 1 rings (SSSR count). The van der Waals surface area contributed by atoms with Crippen molar-refractivity contribution < 1.29 is 9.53 Å². The summed E-state index contributed by atoms with van der Waals surface area (Å²) in [7, 11) is 1.83. The zero-order valence-electron chi connectivity index (χ0n) is 12.3. The van der Waals surface area contributed by atoms with Crippen LogP contribution in [0.5, 0.6) is 0 Å². The summed E-state index contributed by atoms with van der Waals surface area (Å²) in [6.07, 6.45) is 3.81. The quantitative estimate of drug-likeness (QED) is 0.703. The predicted molar refractivity (Wildman–Crippen MR) is 73.6 cm³/mol. The Hall–Kier alpha value is -0.610. The largest absolute Gasteiger partial charge is 0.465 e. The third-order valence-electron chi connectivity index (χ3n) is 3.88. The van der Waals surface area contributed by atoms with Crippen molar-refractivity contribution >= 4 is 5.97 Å². The average Bonchev–Trinajstić information content (AvgIpc) is 2.77. The topological polar surface area (TPSA) is 41.6 Å². The average molecular weight is 256 g/mol. The number of likely N-dealkylation sites (N-methyl/N-ethyl adjacent to an activating group) is 1. The molecule has 1 saturated heterocycles. The normalized spacial score (nSPS) is 23.9. The van der Waals surface area contributed by atoms with Gasteiger partial charge < -0.3 is 15.0 Å². The van der Waals surface area contributed by atoms with Crippen LogP contribution in [0, 0.1) is 5.92 Å². The van der Waals surface area contributed by atoms with Crippen molar-refractivity contribution in [1.82, 2.24) is 10.2 Å². The highest BCUT2D eigenvalue weighted by atomic mass is 16.5. The first-order valence-corrected chi connectivity index (χ1v) is 7.14. The van der Waals surface area contributed by atoms with Crippen LogP contribution in [-0.2, 0) is 9.53 Å². The van der Waals surface area contributed by atoms with Crippen molar-refractivity contribution in [2.75, 3.05) is 33.3 Å². The fourth-order valence-corrected chi connectivity index (χ4v) is 2.68. The van der Waals surface area contributed by atoms with Gasteiger partial charge in [0, 0.05) is 13.1 Å². The Balaban J connectivity index is 2.51. The van der Waals surface area contributed by atoms with Gasteiger partial charge in [-0.15, -0.1) is 0 Å². The summed E-state index contributed by atoms with van der Waals surface area (Å²) < 4.78 is 5.15. The van der Waals surface area contributed by atoms with E-state index in [4.69, 9.17) is 4.74 Å². The Morgan fingerprint density at radius 1 is 1.50 bits per heavy atom. The molecular weight excluding hydrogens is 228 g/mol. The van der Waals surface area contributed by atoms with Gasteiger partial charge in [-0.3, -0.25) is 4.79 Å². The third kappa shape index (κ3) is 3.95. The standard InChI is InChI=1S/C14H28N2O2/c1-5-7-12-8-9-16(10-12)11-14(3,15-4)13(17)18-6-2/h12,15H,5-11H2,1-4H3. The lowest BCUT2D eigenvalue weighted by Gasteiger charge is -2.31. The summed E-state index contributed by atoms with van der Waals surface area (Å²) in [4.78, 5) is 14.4. The van der Waals surface area contributed by atoms with E-state index in [0.29, 0.717) is 6.61 Å². The molecular formula is C14H28N2O2. The Morgan fingerprint density at radius 3 is 2.78 bits per heavy atom. The monoisotopic (exact) mass is 256 g/mol. The molecule has 106 valence electrons. The van der Waals surface area contributed by atoms with Crippen molar-refractivity contribution in [3.8, 4) is 0 Å². The van der Waals surface area contributed by atoms with Crippen molar-refractivity contribution in [2.24, 2.45) is 5.92 Å². The number of esters is 1. The molecule has 1 aliphatic rings. The molecule has 0 bridgehead atoms. The number of carbonyl (C=O) groups is 1. The molecule has 0 aliphatic carbocycles. The number of rotatable bonds is 7. The molecule has 0 radical (unpaired) electrons. The van der Waals surface area contributed by atoms with Gasteiger partial charge in [0.2, 0.25) is 0 Å². The van der Waals surface area contributed by atoms with Gasteiger partial charge in [-0.25, -0.2) is 0 Å². The molecule has 0 amide bonds. The second-order valence-electron chi connectivity index (χ2n) is 5.48. The Bertz CT molecular complexity index is 271. The maximum atomic E-state index is 12.0. The molecule has 4 heteroatoms. The lowest BCUT2D eigenvalue weighted by atomic mass is 10.0. The van der Waals surface area contributed by atoms with E-state index in [-0.39, 0.29) is 5.97 Å². The van der Waals surface area contributed by atoms with E-state index in [0.717, 1.165) is 25.6 Å². The van der Waals surface area contributed by atoms with Crippen LogP contribution in [0.4, 0.5) is 0 Å². The van der Waals surface area contributed by atoms with E-state index in [1.54, 1.807) is 0 Å². The molecule has 1 aliphatic heterocycles. The molecule has 0 aromatic rings. The summed E-state index contributed by atoms with van der Waals surface area (Å²) in [6.45, 7) is 9.40. The fourth-order valence-electron chi connectivity index (χ4n) is 2.68. The first-order valence-electron chi connectivity index (χ1n) is 7.14. The van der Waals surface area contributed by atoms with Gasteiger partial charge in [0.1, 0.15) is 5.54 Å². The number of carbonyl (C=O) groups excluding carboxylic acids is 1. The molecule has 0 aromatic carbocycles. The number of likely N-dealkylation sites (tertiary alicyclic amines) is 1.